The summed E-state index contributed by atoms with van der Waals surface area (Å²) < 4.78 is 45.9. The highest BCUT2D eigenvalue weighted by Gasteiger charge is 2.18. The number of benzene rings is 3. The van der Waals surface area contributed by atoms with Crippen LogP contribution in [0.25, 0.3) is 0 Å². The molecule has 0 aliphatic heterocycles. The lowest BCUT2D eigenvalue weighted by molar-refractivity contribution is 0.102. The Kier molecular flexibility index (Phi) is 5.84. The molecule has 0 atom stereocenters. The van der Waals surface area contributed by atoms with Gasteiger partial charge in [0.2, 0.25) is 0 Å². The van der Waals surface area contributed by atoms with Crippen molar-refractivity contribution in [3.63, 3.8) is 0 Å². The van der Waals surface area contributed by atoms with Gasteiger partial charge in [0.15, 0.2) is 0 Å². The molecule has 8 heteroatoms. The van der Waals surface area contributed by atoms with Crippen molar-refractivity contribution in [3.05, 3.63) is 83.7 Å². The van der Waals surface area contributed by atoms with Crippen LogP contribution in [0.1, 0.15) is 15.9 Å². The first-order valence-corrected chi connectivity index (χ1v) is 10.1. The van der Waals surface area contributed by atoms with E-state index in [4.69, 9.17) is 4.74 Å². The minimum Gasteiger partial charge on any atom is -0.495 e. The SMILES string of the molecule is COc1ccc(NC(=O)c2ccccc2C)cc1NS(=O)(=O)c1ccc(F)cc1. The Morgan fingerprint density at radius 1 is 1.00 bits per heavy atom. The number of nitrogens with one attached hydrogen (secondary N) is 2. The van der Waals surface area contributed by atoms with Gasteiger partial charge in [0.05, 0.1) is 17.7 Å². The first kappa shape index (κ1) is 20.3. The molecule has 2 N–H and O–H groups in total. The van der Waals surface area contributed by atoms with Crippen molar-refractivity contribution in [1.82, 2.24) is 0 Å². The maximum Gasteiger partial charge on any atom is 0.262 e. The maximum atomic E-state index is 13.1. The Morgan fingerprint density at radius 3 is 2.34 bits per heavy atom. The van der Waals surface area contributed by atoms with Gasteiger partial charge in [-0.3, -0.25) is 9.52 Å². The monoisotopic (exact) mass is 414 g/mol. The molecule has 0 saturated carbocycles. The fourth-order valence-corrected chi connectivity index (χ4v) is 3.77. The van der Waals surface area contributed by atoms with E-state index < -0.39 is 15.8 Å². The Hall–Kier alpha value is -3.39. The predicted molar refractivity (Wildman–Crippen MR) is 109 cm³/mol. The molecule has 0 saturated heterocycles. The zero-order valence-electron chi connectivity index (χ0n) is 15.8. The summed E-state index contributed by atoms with van der Waals surface area (Å²) in [6, 6.07) is 16.2. The van der Waals surface area contributed by atoms with Gasteiger partial charge in [-0.1, -0.05) is 18.2 Å². The van der Waals surface area contributed by atoms with E-state index in [1.54, 1.807) is 18.2 Å². The summed E-state index contributed by atoms with van der Waals surface area (Å²) in [6.45, 7) is 1.82. The lowest BCUT2D eigenvalue weighted by Gasteiger charge is -2.14. The van der Waals surface area contributed by atoms with Gasteiger partial charge >= 0.3 is 0 Å². The number of rotatable bonds is 6. The molecular formula is C21H19FN2O4S. The van der Waals surface area contributed by atoms with Crippen molar-refractivity contribution in [2.75, 3.05) is 17.1 Å². The number of halogens is 1. The van der Waals surface area contributed by atoms with Crippen LogP contribution in [0.5, 0.6) is 5.75 Å². The maximum absolute atomic E-state index is 13.1. The number of ether oxygens (including phenoxy) is 1. The molecule has 1 amide bonds. The number of hydrogen-bond donors (Lipinski definition) is 2. The fourth-order valence-electron chi connectivity index (χ4n) is 2.71. The van der Waals surface area contributed by atoms with E-state index in [9.17, 15) is 17.6 Å². The molecule has 0 bridgehead atoms. The Bertz CT molecular complexity index is 1150. The van der Waals surface area contributed by atoms with Gasteiger partial charge in [0.1, 0.15) is 11.6 Å². The molecule has 0 aliphatic carbocycles. The minimum absolute atomic E-state index is 0.102. The summed E-state index contributed by atoms with van der Waals surface area (Å²) in [5.41, 5.74) is 1.85. The minimum atomic E-state index is -3.98. The molecule has 29 heavy (non-hydrogen) atoms. The third kappa shape index (κ3) is 4.72. The number of carbonyl (C=O) groups is 1. The number of methoxy groups -OCH3 is 1. The van der Waals surface area contributed by atoms with Crippen molar-refractivity contribution in [2.45, 2.75) is 11.8 Å². The Morgan fingerprint density at radius 2 is 1.69 bits per heavy atom. The van der Waals surface area contributed by atoms with E-state index in [1.807, 2.05) is 19.1 Å². The quantitative estimate of drug-likeness (QED) is 0.633. The molecule has 0 aromatic heterocycles. The van der Waals surface area contributed by atoms with Crippen molar-refractivity contribution in [3.8, 4) is 5.75 Å². The number of anilines is 2. The summed E-state index contributed by atoms with van der Waals surface area (Å²) >= 11 is 0. The molecule has 0 fully saturated rings. The number of hydrogen-bond acceptors (Lipinski definition) is 4. The summed E-state index contributed by atoms with van der Waals surface area (Å²) in [5, 5.41) is 2.74. The van der Waals surface area contributed by atoms with Crippen LogP contribution < -0.4 is 14.8 Å². The highest BCUT2D eigenvalue weighted by atomic mass is 32.2. The number of sulfonamides is 1. The number of aryl methyl sites for hydroxylation is 1. The first-order chi connectivity index (χ1) is 13.8. The van der Waals surface area contributed by atoms with Crippen LogP contribution in [0.15, 0.2) is 71.6 Å². The molecule has 3 rings (SSSR count). The molecule has 0 aliphatic rings. The van der Waals surface area contributed by atoms with Crippen LogP contribution >= 0.6 is 0 Å². The van der Waals surface area contributed by atoms with Gasteiger partial charge in [0.25, 0.3) is 15.9 Å². The molecule has 150 valence electrons. The van der Waals surface area contributed by atoms with Gasteiger partial charge in [-0.15, -0.1) is 0 Å². The lowest BCUT2D eigenvalue weighted by atomic mass is 10.1. The van der Waals surface area contributed by atoms with Crippen LogP contribution in [0.4, 0.5) is 15.8 Å². The van der Waals surface area contributed by atoms with Crippen molar-refractivity contribution < 1.29 is 22.3 Å². The van der Waals surface area contributed by atoms with E-state index in [1.165, 1.54) is 19.2 Å². The fraction of sp³-hybridized carbons (Fsp3) is 0.0952. The molecule has 0 unspecified atom stereocenters. The zero-order chi connectivity index (χ0) is 21.0. The van der Waals surface area contributed by atoms with Crippen LogP contribution in [0.3, 0.4) is 0 Å². The van der Waals surface area contributed by atoms with E-state index >= 15 is 0 Å². The van der Waals surface area contributed by atoms with E-state index in [2.05, 4.69) is 10.0 Å². The Balaban J connectivity index is 1.88. The highest BCUT2D eigenvalue weighted by molar-refractivity contribution is 7.92. The zero-order valence-corrected chi connectivity index (χ0v) is 16.6. The molecule has 0 spiro atoms. The van der Waals surface area contributed by atoms with Gasteiger partial charge in [-0.25, -0.2) is 12.8 Å². The van der Waals surface area contributed by atoms with E-state index in [0.717, 1.165) is 29.8 Å². The van der Waals surface area contributed by atoms with Crippen molar-refractivity contribution in [2.24, 2.45) is 0 Å². The molecule has 6 nitrogen and oxygen atoms in total. The molecule has 3 aromatic carbocycles. The molecule has 3 aromatic rings. The largest absolute Gasteiger partial charge is 0.495 e. The highest BCUT2D eigenvalue weighted by Crippen LogP contribution is 2.30. The van der Waals surface area contributed by atoms with Gasteiger partial charge < -0.3 is 10.1 Å². The average molecular weight is 414 g/mol. The van der Waals surface area contributed by atoms with Crippen LogP contribution in [0, 0.1) is 12.7 Å². The summed E-state index contributed by atoms with van der Waals surface area (Å²) in [4.78, 5) is 12.4. The second kappa shape index (κ2) is 8.32. The standard InChI is InChI=1S/C21H19FN2O4S/c1-14-5-3-4-6-18(14)21(25)23-16-9-12-20(28-2)19(13-16)24-29(26,27)17-10-7-15(22)8-11-17/h3-13,24H,1-2H3,(H,23,25). The van der Waals surface area contributed by atoms with Crippen molar-refractivity contribution >= 4 is 27.3 Å². The summed E-state index contributed by atoms with van der Waals surface area (Å²) in [6.07, 6.45) is 0. The number of amides is 1. The van der Waals surface area contributed by atoms with Gasteiger partial charge in [-0.05, 0) is 61.0 Å². The van der Waals surface area contributed by atoms with Gasteiger partial charge in [-0.2, -0.15) is 0 Å². The van der Waals surface area contributed by atoms with Crippen LogP contribution in [-0.2, 0) is 10.0 Å². The average Bonchev–Trinajstić information content (AvgIpc) is 2.68. The van der Waals surface area contributed by atoms with E-state index in [0.29, 0.717) is 11.3 Å². The van der Waals surface area contributed by atoms with E-state index in [-0.39, 0.29) is 22.2 Å². The number of carbonyl (C=O) groups excluding carboxylic acids is 1. The first-order valence-electron chi connectivity index (χ1n) is 8.63. The summed E-state index contributed by atoms with van der Waals surface area (Å²) in [5.74, 6) is -0.590. The van der Waals surface area contributed by atoms with Crippen LogP contribution in [0.2, 0.25) is 0 Å². The lowest BCUT2D eigenvalue weighted by Crippen LogP contribution is -2.15. The summed E-state index contributed by atoms with van der Waals surface area (Å²) in [7, 11) is -2.58. The van der Waals surface area contributed by atoms with Crippen LogP contribution in [-0.4, -0.2) is 21.4 Å². The van der Waals surface area contributed by atoms with Crippen molar-refractivity contribution in [1.29, 1.82) is 0 Å². The Labute approximate surface area is 168 Å². The second-order valence-electron chi connectivity index (χ2n) is 6.24. The third-order valence-electron chi connectivity index (χ3n) is 4.22. The topological polar surface area (TPSA) is 84.5 Å². The second-order valence-corrected chi connectivity index (χ2v) is 7.93. The molecule has 0 heterocycles. The molecular weight excluding hydrogens is 395 g/mol. The smallest absolute Gasteiger partial charge is 0.262 e. The predicted octanol–water partition coefficient (Wildman–Crippen LogP) is 4.20. The molecule has 0 radical (unpaired) electrons. The normalized spacial score (nSPS) is 11.0. The third-order valence-corrected chi connectivity index (χ3v) is 5.60. The van der Waals surface area contributed by atoms with Gasteiger partial charge in [0, 0.05) is 11.3 Å².